The molecule has 3 rings (SSSR count). The SMILES string of the molecule is CCc1ccc(OCCCOc2ccc(/C=C3/SC(=O)NC3=O)cc2)cc1. The number of rotatable bonds is 8. The maximum atomic E-state index is 11.5. The average molecular weight is 383 g/mol. The number of hydrogen-bond donors (Lipinski definition) is 1. The summed E-state index contributed by atoms with van der Waals surface area (Å²) in [6, 6.07) is 15.5. The number of carbonyl (C=O) groups is 2. The Balaban J connectivity index is 1.40. The van der Waals surface area contributed by atoms with E-state index >= 15 is 0 Å². The summed E-state index contributed by atoms with van der Waals surface area (Å²) in [6.07, 6.45) is 3.49. The lowest BCUT2D eigenvalue weighted by Crippen LogP contribution is -2.17. The van der Waals surface area contributed by atoms with Crippen LogP contribution in [0.2, 0.25) is 0 Å². The lowest BCUT2D eigenvalue weighted by molar-refractivity contribution is -0.115. The fourth-order valence-electron chi connectivity index (χ4n) is 2.49. The Hall–Kier alpha value is -2.73. The highest BCUT2D eigenvalue weighted by Gasteiger charge is 2.24. The van der Waals surface area contributed by atoms with E-state index in [1.54, 1.807) is 6.08 Å². The van der Waals surface area contributed by atoms with Gasteiger partial charge in [0.25, 0.3) is 11.1 Å². The summed E-state index contributed by atoms with van der Waals surface area (Å²) >= 11 is 0.909. The van der Waals surface area contributed by atoms with Crippen LogP contribution in [-0.2, 0) is 11.2 Å². The maximum absolute atomic E-state index is 11.5. The third-order valence-corrected chi connectivity index (χ3v) is 4.79. The first kappa shape index (κ1) is 19.0. The highest BCUT2D eigenvalue weighted by molar-refractivity contribution is 8.18. The van der Waals surface area contributed by atoms with E-state index in [2.05, 4.69) is 24.4 Å². The van der Waals surface area contributed by atoms with Crippen LogP contribution in [0.4, 0.5) is 4.79 Å². The molecule has 6 heteroatoms. The molecule has 0 unspecified atom stereocenters. The van der Waals surface area contributed by atoms with Crippen molar-refractivity contribution < 1.29 is 19.1 Å². The number of ether oxygens (including phenoxy) is 2. The number of imide groups is 1. The first-order chi connectivity index (χ1) is 13.1. The lowest BCUT2D eigenvalue weighted by atomic mass is 10.2. The first-order valence-corrected chi connectivity index (χ1v) is 9.65. The number of thioether (sulfide) groups is 1. The van der Waals surface area contributed by atoms with Gasteiger partial charge in [-0.15, -0.1) is 0 Å². The average Bonchev–Trinajstić information content (AvgIpc) is 3.00. The molecule has 1 fully saturated rings. The second kappa shape index (κ2) is 9.28. The van der Waals surface area contributed by atoms with E-state index < -0.39 is 0 Å². The molecular formula is C21H21NO4S. The Bertz CT molecular complexity index is 828. The molecule has 1 saturated heterocycles. The van der Waals surface area contributed by atoms with Gasteiger partial charge >= 0.3 is 0 Å². The minimum atomic E-state index is -0.352. The topological polar surface area (TPSA) is 64.6 Å². The fraction of sp³-hybridized carbons (Fsp3) is 0.238. The summed E-state index contributed by atoms with van der Waals surface area (Å²) < 4.78 is 11.4. The van der Waals surface area contributed by atoms with Crippen LogP contribution >= 0.6 is 11.8 Å². The van der Waals surface area contributed by atoms with Gasteiger partial charge in [0.2, 0.25) is 0 Å². The molecule has 0 radical (unpaired) electrons. The molecule has 1 heterocycles. The third-order valence-electron chi connectivity index (χ3n) is 3.98. The molecule has 1 N–H and O–H groups in total. The van der Waals surface area contributed by atoms with Crippen molar-refractivity contribution in [2.75, 3.05) is 13.2 Å². The molecule has 0 aliphatic carbocycles. The van der Waals surface area contributed by atoms with Gasteiger partial charge in [-0.3, -0.25) is 14.9 Å². The van der Waals surface area contributed by atoms with Gasteiger partial charge in [-0.1, -0.05) is 31.2 Å². The van der Waals surface area contributed by atoms with Crippen LogP contribution in [0.1, 0.15) is 24.5 Å². The van der Waals surface area contributed by atoms with Gasteiger partial charge in [-0.25, -0.2) is 0 Å². The van der Waals surface area contributed by atoms with Crippen molar-refractivity contribution >= 4 is 29.0 Å². The predicted octanol–water partition coefficient (Wildman–Crippen LogP) is 4.42. The quantitative estimate of drug-likeness (QED) is 0.540. The van der Waals surface area contributed by atoms with E-state index in [0.717, 1.165) is 41.7 Å². The Morgan fingerprint density at radius 1 is 0.926 bits per heavy atom. The number of hydrogen-bond acceptors (Lipinski definition) is 5. The molecule has 0 atom stereocenters. The highest BCUT2D eigenvalue weighted by Crippen LogP contribution is 2.26. The van der Waals surface area contributed by atoms with Gasteiger partial charge in [-0.2, -0.15) is 0 Å². The van der Waals surface area contributed by atoms with Crippen LogP contribution in [0.3, 0.4) is 0 Å². The Kier molecular flexibility index (Phi) is 6.54. The van der Waals surface area contributed by atoms with Crippen LogP contribution in [0, 0.1) is 0 Å². The molecule has 0 saturated carbocycles. The van der Waals surface area contributed by atoms with Crippen LogP contribution in [0.25, 0.3) is 6.08 Å². The van der Waals surface area contributed by atoms with E-state index in [4.69, 9.17) is 9.47 Å². The molecule has 27 heavy (non-hydrogen) atoms. The monoisotopic (exact) mass is 383 g/mol. The summed E-state index contributed by atoms with van der Waals surface area (Å²) in [5.74, 6) is 1.27. The fourth-order valence-corrected chi connectivity index (χ4v) is 3.18. The largest absolute Gasteiger partial charge is 0.493 e. The van der Waals surface area contributed by atoms with Gasteiger partial charge in [0.15, 0.2) is 0 Å². The van der Waals surface area contributed by atoms with Gasteiger partial charge in [0.1, 0.15) is 11.5 Å². The predicted molar refractivity (Wildman–Crippen MR) is 107 cm³/mol. The van der Waals surface area contributed by atoms with Crippen molar-refractivity contribution in [3.05, 3.63) is 64.6 Å². The van der Waals surface area contributed by atoms with Crippen LogP contribution in [0.15, 0.2) is 53.4 Å². The van der Waals surface area contributed by atoms with Gasteiger partial charge in [0.05, 0.1) is 18.1 Å². The van der Waals surface area contributed by atoms with Crippen molar-refractivity contribution in [1.82, 2.24) is 5.32 Å². The Labute approximate surface area is 162 Å². The summed E-state index contributed by atoms with van der Waals surface area (Å²) in [6.45, 7) is 3.28. The maximum Gasteiger partial charge on any atom is 0.290 e. The van der Waals surface area contributed by atoms with Crippen molar-refractivity contribution in [1.29, 1.82) is 0 Å². The van der Waals surface area contributed by atoms with Crippen molar-refractivity contribution in [3.8, 4) is 11.5 Å². The van der Waals surface area contributed by atoms with Crippen molar-refractivity contribution in [2.45, 2.75) is 19.8 Å². The molecule has 2 amide bonds. The summed E-state index contributed by atoms with van der Waals surface area (Å²) in [7, 11) is 0. The van der Waals surface area contributed by atoms with Crippen LogP contribution in [-0.4, -0.2) is 24.4 Å². The molecule has 2 aromatic rings. The molecule has 0 bridgehead atoms. The van der Waals surface area contributed by atoms with Crippen LogP contribution in [0.5, 0.6) is 11.5 Å². The zero-order valence-electron chi connectivity index (χ0n) is 15.1. The first-order valence-electron chi connectivity index (χ1n) is 8.83. The Morgan fingerprint density at radius 3 is 2.04 bits per heavy atom. The molecule has 5 nitrogen and oxygen atoms in total. The number of aryl methyl sites for hydroxylation is 1. The molecule has 0 aromatic heterocycles. The molecular weight excluding hydrogens is 362 g/mol. The summed E-state index contributed by atoms with van der Waals surface area (Å²) in [4.78, 5) is 23.1. The van der Waals surface area contributed by atoms with Crippen molar-refractivity contribution in [2.24, 2.45) is 0 Å². The van der Waals surface area contributed by atoms with Gasteiger partial charge in [-0.05, 0) is 59.7 Å². The minimum absolute atomic E-state index is 0.338. The molecule has 1 aliphatic heterocycles. The molecule has 1 aliphatic rings. The normalized spacial score (nSPS) is 15.1. The second-order valence-electron chi connectivity index (χ2n) is 5.97. The number of nitrogens with one attached hydrogen (secondary N) is 1. The van der Waals surface area contributed by atoms with E-state index in [0.29, 0.717) is 18.1 Å². The molecule has 0 spiro atoms. The van der Waals surface area contributed by atoms with E-state index in [1.165, 1.54) is 5.56 Å². The minimum Gasteiger partial charge on any atom is -0.493 e. The number of benzene rings is 2. The number of carbonyl (C=O) groups excluding carboxylic acids is 2. The standard InChI is InChI=1S/C21H21NO4S/c1-2-15-4-8-17(9-5-15)25-12-3-13-26-18-10-6-16(7-11-18)14-19-20(23)22-21(24)27-19/h4-11,14H,2-3,12-13H2,1H3,(H,22,23,24)/b19-14+. The smallest absolute Gasteiger partial charge is 0.290 e. The molecule has 140 valence electrons. The van der Waals surface area contributed by atoms with E-state index in [-0.39, 0.29) is 11.1 Å². The summed E-state index contributed by atoms with van der Waals surface area (Å²) in [5, 5.41) is 1.90. The Morgan fingerprint density at radius 2 is 1.52 bits per heavy atom. The van der Waals surface area contributed by atoms with Gasteiger partial charge < -0.3 is 9.47 Å². The zero-order chi connectivity index (χ0) is 19.1. The third kappa shape index (κ3) is 5.62. The highest BCUT2D eigenvalue weighted by atomic mass is 32.2. The van der Waals surface area contributed by atoms with E-state index in [9.17, 15) is 9.59 Å². The lowest BCUT2D eigenvalue weighted by Gasteiger charge is -2.08. The molecule has 2 aromatic carbocycles. The van der Waals surface area contributed by atoms with Crippen molar-refractivity contribution in [3.63, 3.8) is 0 Å². The van der Waals surface area contributed by atoms with E-state index in [1.807, 2.05) is 36.4 Å². The number of amides is 2. The zero-order valence-corrected chi connectivity index (χ0v) is 15.9. The van der Waals surface area contributed by atoms with Gasteiger partial charge in [0, 0.05) is 6.42 Å². The van der Waals surface area contributed by atoms with Crippen LogP contribution < -0.4 is 14.8 Å². The second-order valence-corrected chi connectivity index (χ2v) is 6.98. The summed E-state index contributed by atoms with van der Waals surface area (Å²) in [5.41, 5.74) is 2.14.